The van der Waals surface area contributed by atoms with Crippen molar-refractivity contribution in [3.8, 4) is 0 Å². The number of rotatable bonds is 3. The molecule has 1 saturated heterocycles. The minimum Gasteiger partial charge on any atom is -0.348 e. The van der Waals surface area contributed by atoms with Gasteiger partial charge in [-0.2, -0.15) is 0 Å². The van der Waals surface area contributed by atoms with Gasteiger partial charge in [-0.1, -0.05) is 12.1 Å². The number of thioether (sulfide) groups is 1. The fourth-order valence-corrected chi connectivity index (χ4v) is 3.42. The zero-order chi connectivity index (χ0) is 14.1. The summed E-state index contributed by atoms with van der Waals surface area (Å²) in [6, 6.07) is 5.69. The Labute approximate surface area is 134 Å². The molecular weight excluding hydrogens is 310 g/mol. The topological polar surface area (TPSA) is 70.2 Å². The Morgan fingerprint density at radius 3 is 3.00 bits per heavy atom. The van der Waals surface area contributed by atoms with E-state index in [9.17, 15) is 9.59 Å². The Bertz CT molecular complexity index is 561. The number of anilines is 1. The molecule has 0 aliphatic carbocycles. The van der Waals surface area contributed by atoms with Gasteiger partial charge in [-0.3, -0.25) is 14.9 Å². The van der Waals surface area contributed by atoms with E-state index in [1.54, 1.807) is 11.8 Å². The highest BCUT2D eigenvalue weighted by molar-refractivity contribution is 7.99. The minimum atomic E-state index is -0.0971. The SMILES string of the molecule is CC(NC(=O)C1CSCN1)c1ccc2c(c1)CC(=O)N2.Cl. The Morgan fingerprint density at radius 2 is 2.29 bits per heavy atom. The highest BCUT2D eigenvalue weighted by Crippen LogP contribution is 2.26. The van der Waals surface area contributed by atoms with Crippen molar-refractivity contribution in [2.75, 3.05) is 16.9 Å². The van der Waals surface area contributed by atoms with Gasteiger partial charge < -0.3 is 10.6 Å². The molecule has 0 saturated carbocycles. The number of carbonyl (C=O) groups excluding carboxylic acids is 2. The van der Waals surface area contributed by atoms with E-state index in [1.807, 2.05) is 25.1 Å². The van der Waals surface area contributed by atoms with Gasteiger partial charge in [0, 0.05) is 17.3 Å². The largest absolute Gasteiger partial charge is 0.348 e. The Morgan fingerprint density at radius 1 is 1.48 bits per heavy atom. The first-order valence-corrected chi connectivity index (χ1v) is 7.83. The van der Waals surface area contributed by atoms with E-state index in [0.717, 1.165) is 28.4 Å². The second-order valence-corrected chi connectivity index (χ2v) is 6.17. The van der Waals surface area contributed by atoms with Crippen LogP contribution in [0.25, 0.3) is 0 Å². The number of fused-ring (bicyclic) bond motifs is 1. The number of nitrogens with one attached hydrogen (secondary N) is 3. The van der Waals surface area contributed by atoms with Crippen LogP contribution in [0.1, 0.15) is 24.1 Å². The monoisotopic (exact) mass is 327 g/mol. The predicted octanol–water partition coefficient (Wildman–Crippen LogP) is 1.44. The molecule has 2 aliphatic rings. The predicted molar refractivity (Wildman–Crippen MR) is 86.8 cm³/mol. The molecule has 0 bridgehead atoms. The molecule has 2 aliphatic heterocycles. The molecule has 1 aromatic rings. The fourth-order valence-electron chi connectivity index (χ4n) is 2.48. The second kappa shape index (κ2) is 6.68. The average molecular weight is 328 g/mol. The van der Waals surface area contributed by atoms with E-state index >= 15 is 0 Å². The Balaban J connectivity index is 0.00000161. The van der Waals surface area contributed by atoms with Crippen molar-refractivity contribution in [2.45, 2.75) is 25.4 Å². The molecule has 2 heterocycles. The first-order chi connectivity index (χ1) is 9.63. The molecular formula is C14H18ClN3O2S. The standard InChI is InChI=1S/C14H17N3O2S.ClH/c1-8(16-14(19)12-6-20-7-15-12)9-2-3-11-10(4-9)5-13(18)17-11;/h2-4,8,12,15H,5-7H2,1H3,(H,16,19)(H,17,18);1H. The number of hydrogen-bond donors (Lipinski definition) is 3. The van der Waals surface area contributed by atoms with Crippen LogP contribution in [0.2, 0.25) is 0 Å². The molecule has 2 amide bonds. The summed E-state index contributed by atoms with van der Waals surface area (Å²) in [5.74, 6) is 1.72. The van der Waals surface area contributed by atoms with Crippen LogP contribution in [0.3, 0.4) is 0 Å². The third-order valence-electron chi connectivity index (χ3n) is 3.65. The zero-order valence-corrected chi connectivity index (χ0v) is 13.3. The van der Waals surface area contributed by atoms with Crippen LogP contribution in [0.4, 0.5) is 5.69 Å². The van der Waals surface area contributed by atoms with E-state index in [2.05, 4.69) is 16.0 Å². The van der Waals surface area contributed by atoms with Crippen LogP contribution >= 0.6 is 24.2 Å². The van der Waals surface area contributed by atoms with Gasteiger partial charge in [0.25, 0.3) is 0 Å². The molecule has 21 heavy (non-hydrogen) atoms. The molecule has 0 aromatic heterocycles. The molecule has 5 nitrogen and oxygen atoms in total. The van der Waals surface area contributed by atoms with Crippen molar-refractivity contribution >= 4 is 41.7 Å². The Hall–Kier alpha value is -1.24. The molecule has 1 aromatic carbocycles. The molecule has 1 fully saturated rings. The van der Waals surface area contributed by atoms with Gasteiger partial charge in [0.15, 0.2) is 0 Å². The van der Waals surface area contributed by atoms with E-state index in [0.29, 0.717) is 6.42 Å². The third-order valence-corrected chi connectivity index (χ3v) is 4.59. The number of halogens is 1. The summed E-state index contributed by atoms with van der Waals surface area (Å²) in [6.45, 7) is 1.96. The number of hydrogen-bond acceptors (Lipinski definition) is 4. The Kier molecular flexibility index (Phi) is 5.13. The van der Waals surface area contributed by atoms with E-state index in [4.69, 9.17) is 0 Å². The van der Waals surface area contributed by atoms with Crippen LogP contribution in [0, 0.1) is 0 Å². The molecule has 3 N–H and O–H groups in total. The minimum absolute atomic E-state index is 0. The molecule has 3 rings (SSSR count). The summed E-state index contributed by atoms with van der Waals surface area (Å²) >= 11 is 1.73. The first-order valence-electron chi connectivity index (χ1n) is 6.67. The van der Waals surface area contributed by atoms with Crippen LogP contribution in [0.15, 0.2) is 18.2 Å². The molecule has 0 radical (unpaired) electrons. The van der Waals surface area contributed by atoms with Gasteiger partial charge >= 0.3 is 0 Å². The lowest BCUT2D eigenvalue weighted by Crippen LogP contribution is -2.42. The molecule has 114 valence electrons. The maximum Gasteiger partial charge on any atom is 0.238 e. The lowest BCUT2D eigenvalue weighted by molar-refractivity contribution is -0.123. The van der Waals surface area contributed by atoms with E-state index in [1.165, 1.54) is 0 Å². The van der Waals surface area contributed by atoms with Crippen LogP contribution in [0.5, 0.6) is 0 Å². The summed E-state index contributed by atoms with van der Waals surface area (Å²) in [5, 5.41) is 8.99. The third kappa shape index (κ3) is 3.51. The van der Waals surface area contributed by atoms with Crippen LogP contribution in [-0.4, -0.2) is 29.5 Å². The highest BCUT2D eigenvalue weighted by atomic mass is 35.5. The summed E-state index contributed by atoms with van der Waals surface area (Å²) < 4.78 is 0. The summed E-state index contributed by atoms with van der Waals surface area (Å²) in [5.41, 5.74) is 2.91. The normalized spacial score (nSPS) is 21.2. The molecule has 7 heteroatoms. The van der Waals surface area contributed by atoms with Gasteiger partial charge in [0.1, 0.15) is 0 Å². The molecule has 2 unspecified atom stereocenters. The molecule has 0 spiro atoms. The zero-order valence-electron chi connectivity index (χ0n) is 11.6. The highest BCUT2D eigenvalue weighted by Gasteiger charge is 2.24. The van der Waals surface area contributed by atoms with Gasteiger partial charge in [0.2, 0.25) is 11.8 Å². The van der Waals surface area contributed by atoms with E-state index < -0.39 is 0 Å². The number of amides is 2. The second-order valence-electron chi connectivity index (χ2n) is 5.14. The number of benzene rings is 1. The van der Waals surface area contributed by atoms with E-state index in [-0.39, 0.29) is 36.3 Å². The van der Waals surface area contributed by atoms with Crippen molar-refractivity contribution in [1.82, 2.24) is 10.6 Å². The van der Waals surface area contributed by atoms with Crippen LogP contribution < -0.4 is 16.0 Å². The number of carbonyl (C=O) groups is 2. The van der Waals surface area contributed by atoms with Crippen molar-refractivity contribution < 1.29 is 9.59 Å². The quantitative estimate of drug-likeness (QED) is 0.786. The average Bonchev–Trinajstić information content (AvgIpc) is 3.05. The summed E-state index contributed by atoms with van der Waals surface area (Å²) in [4.78, 5) is 23.4. The smallest absolute Gasteiger partial charge is 0.238 e. The van der Waals surface area contributed by atoms with Gasteiger partial charge in [-0.15, -0.1) is 24.2 Å². The summed E-state index contributed by atoms with van der Waals surface area (Å²) in [6.07, 6.45) is 0.421. The summed E-state index contributed by atoms with van der Waals surface area (Å²) in [7, 11) is 0. The van der Waals surface area contributed by atoms with Gasteiger partial charge in [-0.25, -0.2) is 0 Å². The fraction of sp³-hybridized carbons (Fsp3) is 0.429. The first kappa shape index (κ1) is 16.1. The van der Waals surface area contributed by atoms with Crippen molar-refractivity contribution in [1.29, 1.82) is 0 Å². The maximum absolute atomic E-state index is 12.1. The van der Waals surface area contributed by atoms with Crippen molar-refractivity contribution in [2.24, 2.45) is 0 Å². The molecule has 2 atom stereocenters. The van der Waals surface area contributed by atoms with Crippen molar-refractivity contribution in [3.63, 3.8) is 0 Å². The lowest BCUT2D eigenvalue weighted by atomic mass is 10.0. The van der Waals surface area contributed by atoms with Crippen molar-refractivity contribution in [3.05, 3.63) is 29.3 Å². The van der Waals surface area contributed by atoms with Gasteiger partial charge in [0.05, 0.1) is 18.5 Å². The lowest BCUT2D eigenvalue weighted by Gasteiger charge is -2.18. The van der Waals surface area contributed by atoms with Crippen LogP contribution in [-0.2, 0) is 16.0 Å². The maximum atomic E-state index is 12.1. The van der Waals surface area contributed by atoms with Gasteiger partial charge in [-0.05, 0) is 24.1 Å².